The predicted octanol–water partition coefficient (Wildman–Crippen LogP) is 3.05. The maximum absolute atomic E-state index is 12.0. The summed E-state index contributed by atoms with van der Waals surface area (Å²) in [5.74, 6) is -0.490. The summed E-state index contributed by atoms with van der Waals surface area (Å²) in [6.07, 6.45) is -1.95. The maximum Gasteiger partial charge on any atom is 0.573 e. The molecule has 0 aromatic heterocycles. The number of ether oxygens (including phenoxy) is 1. The first kappa shape index (κ1) is 15.6. The summed E-state index contributed by atoms with van der Waals surface area (Å²) in [6.45, 7) is 2.02. The number of hydrogen-bond donors (Lipinski definition) is 2. The van der Waals surface area contributed by atoms with Crippen LogP contribution in [0, 0.1) is 0 Å². The van der Waals surface area contributed by atoms with Gasteiger partial charge >= 0.3 is 6.36 Å². The van der Waals surface area contributed by atoms with Gasteiger partial charge in [-0.05, 0) is 50.5 Å². The summed E-state index contributed by atoms with van der Waals surface area (Å²) in [5.41, 5.74) is 0.439. The zero-order valence-electron chi connectivity index (χ0n) is 11.5. The van der Waals surface area contributed by atoms with Crippen molar-refractivity contribution in [3.63, 3.8) is 0 Å². The molecule has 0 radical (unpaired) electrons. The van der Waals surface area contributed by atoms with E-state index in [0.717, 1.165) is 19.3 Å². The molecule has 0 spiro atoms. The fourth-order valence-corrected chi connectivity index (χ4v) is 2.31. The molecule has 1 fully saturated rings. The van der Waals surface area contributed by atoms with Crippen molar-refractivity contribution in [2.75, 3.05) is 5.32 Å². The number of hydrogen-bond acceptors (Lipinski definition) is 3. The number of amides is 1. The Bertz CT molecular complexity index is 488. The van der Waals surface area contributed by atoms with Crippen molar-refractivity contribution < 1.29 is 22.7 Å². The molecule has 1 saturated heterocycles. The van der Waals surface area contributed by atoms with Crippen molar-refractivity contribution >= 4 is 11.6 Å². The smallest absolute Gasteiger partial charge is 0.406 e. The second-order valence-electron chi connectivity index (χ2n) is 5.11. The average Bonchev–Trinajstić information content (AvgIpc) is 2.39. The lowest BCUT2D eigenvalue weighted by Gasteiger charge is -2.27. The standard InChI is InChI=1S/C14H17F3N2O2/c1-9-3-2-4-12(18-9)13(20)19-10-5-7-11(8-6-10)21-14(15,16)17/h5-9,12,18H,2-4H2,1H3,(H,19,20). The molecule has 1 aliphatic rings. The number of carbonyl (C=O) groups excluding carboxylic acids is 1. The van der Waals surface area contributed by atoms with Gasteiger partial charge in [0.1, 0.15) is 5.75 Å². The van der Waals surface area contributed by atoms with Crippen LogP contribution < -0.4 is 15.4 Å². The van der Waals surface area contributed by atoms with Crippen LogP contribution in [0.1, 0.15) is 26.2 Å². The van der Waals surface area contributed by atoms with Crippen LogP contribution in [0.15, 0.2) is 24.3 Å². The highest BCUT2D eigenvalue weighted by Gasteiger charge is 2.31. The third-order valence-corrected chi connectivity index (χ3v) is 3.29. The zero-order chi connectivity index (χ0) is 15.5. The number of alkyl halides is 3. The minimum atomic E-state index is -4.72. The van der Waals surface area contributed by atoms with Crippen molar-refractivity contribution in [3.8, 4) is 5.75 Å². The van der Waals surface area contributed by atoms with Gasteiger partial charge in [-0.25, -0.2) is 0 Å². The molecule has 1 aliphatic heterocycles. The molecule has 4 nitrogen and oxygen atoms in total. The summed E-state index contributed by atoms with van der Waals surface area (Å²) in [4.78, 5) is 12.0. The Kier molecular flexibility index (Phi) is 4.72. The largest absolute Gasteiger partial charge is 0.573 e. The normalized spacial score (nSPS) is 22.7. The predicted molar refractivity (Wildman–Crippen MR) is 72.0 cm³/mol. The van der Waals surface area contributed by atoms with E-state index in [9.17, 15) is 18.0 Å². The van der Waals surface area contributed by atoms with E-state index < -0.39 is 6.36 Å². The van der Waals surface area contributed by atoms with Gasteiger partial charge < -0.3 is 15.4 Å². The zero-order valence-corrected chi connectivity index (χ0v) is 11.5. The SMILES string of the molecule is CC1CCCC(C(=O)Nc2ccc(OC(F)(F)F)cc2)N1. The minimum Gasteiger partial charge on any atom is -0.406 e. The van der Waals surface area contributed by atoms with Gasteiger partial charge in [0.05, 0.1) is 6.04 Å². The van der Waals surface area contributed by atoms with Crippen LogP contribution >= 0.6 is 0 Å². The first-order valence-corrected chi connectivity index (χ1v) is 6.76. The Labute approximate surface area is 120 Å². The molecule has 2 N–H and O–H groups in total. The van der Waals surface area contributed by atoms with Crippen LogP contribution in [0.5, 0.6) is 5.75 Å². The molecule has 1 aromatic rings. The van der Waals surface area contributed by atoms with Crippen molar-refractivity contribution in [1.29, 1.82) is 0 Å². The van der Waals surface area contributed by atoms with E-state index in [1.807, 2.05) is 6.92 Å². The highest BCUT2D eigenvalue weighted by Crippen LogP contribution is 2.24. The van der Waals surface area contributed by atoms with Gasteiger partial charge in [-0.2, -0.15) is 0 Å². The van der Waals surface area contributed by atoms with E-state index in [0.29, 0.717) is 5.69 Å². The Balaban J connectivity index is 1.92. The molecule has 0 bridgehead atoms. The highest BCUT2D eigenvalue weighted by atomic mass is 19.4. The van der Waals surface area contributed by atoms with E-state index in [1.165, 1.54) is 24.3 Å². The van der Waals surface area contributed by atoms with Crippen LogP contribution in [0.25, 0.3) is 0 Å². The number of piperidine rings is 1. The summed E-state index contributed by atoms with van der Waals surface area (Å²) in [5, 5.41) is 5.88. The summed E-state index contributed by atoms with van der Waals surface area (Å²) >= 11 is 0. The molecule has 0 aliphatic carbocycles. The molecular weight excluding hydrogens is 285 g/mol. The quantitative estimate of drug-likeness (QED) is 0.902. The summed E-state index contributed by atoms with van der Waals surface area (Å²) < 4.78 is 39.9. The Morgan fingerprint density at radius 1 is 1.29 bits per heavy atom. The summed E-state index contributed by atoms with van der Waals surface area (Å²) in [7, 11) is 0. The minimum absolute atomic E-state index is 0.175. The molecule has 1 amide bonds. The monoisotopic (exact) mass is 302 g/mol. The summed E-state index contributed by atoms with van der Waals surface area (Å²) in [6, 6.07) is 5.12. The molecule has 116 valence electrons. The van der Waals surface area contributed by atoms with Crippen molar-refractivity contribution in [2.24, 2.45) is 0 Å². The first-order valence-electron chi connectivity index (χ1n) is 6.76. The van der Waals surface area contributed by atoms with Gasteiger partial charge in [0.25, 0.3) is 0 Å². The highest BCUT2D eigenvalue weighted by molar-refractivity contribution is 5.94. The lowest BCUT2D eigenvalue weighted by Crippen LogP contribution is -2.47. The topological polar surface area (TPSA) is 50.4 Å². The van der Waals surface area contributed by atoms with E-state index in [2.05, 4.69) is 15.4 Å². The number of halogens is 3. The van der Waals surface area contributed by atoms with Gasteiger partial charge in [-0.1, -0.05) is 0 Å². The van der Waals surface area contributed by atoms with Crippen molar-refractivity contribution in [1.82, 2.24) is 5.32 Å². The van der Waals surface area contributed by atoms with E-state index in [4.69, 9.17) is 0 Å². The second kappa shape index (κ2) is 6.34. The molecule has 0 saturated carbocycles. The first-order chi connectivity index (χ1) is 9.83. The van der Waals surface area contributed by atoms with Gasteiger partial charge in [-0.15, -0.1) is 13.2 Å². The average molecular weight is 302 g/mol. The molecule has 2 rings (SSSR count). The molecule has 1 aromatic carbocycles. The number of nitrogens with one attached hydrogen (secondary N) is 2. The third-order valence-electron chi connectivity index (χ3n) is 3.29. The van der Waals surface area contributed by atoms with Crippen molar-refractivity contribution in [3.05, 3.63) is 24.3 Å². The Morgan fingerprint density at radius 2 is 1.95 bits per heavy atom. The van der Waals surface area contributed by atoms with E-state index in [-0.39, 0.29) is 23.7 Å². The lowest BCUT2D eigenvalue weighted by molar-refractivity contribution is -0.274. The number of rotatable bonds is 3. The Hall–Kier alpha value is -1.76. The molecule has 21 heavy (non-hydrogen) atoms. The van der Waals surface area contributed by atoms with Crippen LogP contribution in [0.4, 0.5) is 18.9 Å². The van der Waals surface area contributed by atoms with E-state index >= 15 is 0 Å². The molecule has 2 unspecified atom stereocenters. The molecular formula is C14H17F3N2O2. The molecule has 2 atom stereocenters. The third kappa shape index (κ3) is 4.93. The Morgan fingerprint density at radius 3 is 2.52 bits per heavy atom. The van der Waals surface area contributed by atoms with Crippen LogP contribution in [0.3, 0.4) is 0 Å². The van der Waals surface area contributed by atoms with Gasteiger partial charge in [-0.3, -0.25) is 4.79 Å². The van der Waals surface area contributed by atoms with Crippen LogP contribution in [-0.4, -0.2) is 24.4 Å². The van der Waals surface area contributed by atoms with Gasteiger partial charge in [0.15, 0.2) is 0 Å². The van der Waals surface area contributed by atoms with Crippen LogP contribution in [-0.2, 0) is 4.79 Å². The fraction of sp³-hybridized carbons (Fsp3) is 0.500. The van der Waals surface area contributed by atoms with Crippen molar-refractivity contribution in [2.45, 2.75) is 44.6 Å². The number of benzene rings is 1. The number of anilines is 1. The van der Waals surface area contributed by atoms with Gasteiger partial charge in [0.2, 0.25) is 5.91 Å². The molecule has 7 heteroatoms. The number of carbonyl (C=O) groups is 1. The maximum atomic E-state index is 12.0. The fourth-order valence-electron chi connectivity index (χ4n) is 2.31. The van der Waals surface area contributed by atoms with Crippen LogP contribution in [0.2, 0.25) is 0 Å². The second-order valence-corrected chi connectivity index (χ2v) is 5.11. The van der Waals surface area contributed by atoms with Gasteiger partial charge in [0, 0.05) is 11.7 Å². The lowest BCUT2D eigenvalue weighted by atomic mass is 9.99. The van der Waals surface area contributed by atoms with E-state index in [1.54, 1.807) is 0 Å². The molecule has 1 heterocycles.